The summed E-state index contributed by atoms with van der Waals surface area (Å²) in [5, 5.41) is 59.8. The van der Waals surface area contributed by atoms with Gasteiger partial charge >= 0.3 is 0 Å². The van der Waals surface area contributed by atoms with E-state index in [0.717, 1.165) is 12.1 Å². The van der Waals surface area contributed by atoms with Crippen molar-refractivity contribution < 1.29 is 49.7 Å². The second-order valence-electron chi connectivity index (χ2n) is 7.55. The Hall–Kier alpha value is -3.02. The summed E-state index contributed by atoms with van der Waals surface area (Å²) < 4.78 is 10.8. The summed E-state index contributed by atoms with van der Waals surface area (Å²) in [5.74, 6) is -2.53. The summed E-state index contributed by atoms with van der Waals surface area (Å²) in [6.07, 6.45) is -8.02. The quantitative estimate of drug-likeness (QED) is 0.312. The standard InChI is InChI=1S/C21H20O10/c1-7-2-9-14(11(24)3-7)18(27)15-10(16(9)25)4-8(23)5-12(15)30-21-20(29)19(28)17(26)13(6-22)31-21/h2-5,13,17,19-24,26,28-29H,6H2,1H3/t13-,17+,19-,20-,21+/m0/s1. The molecule has 0 bridgehead atoms. The van der Waals surface area contributed by atoms with E-state index in [0.29, 0.717) is 5.56 Å². The van der Waals surface area contributed by atoms with Crippen LogP contribution >= 0.6 is 0 Å². The number of ether oxygens (including phenoxy) is 2. The highest BCUT2D eigenvalue weighted by atomic mass is 16.7. The fraction of sp³-hybridized carbons (Fsp3) is 0.333. The minimum Gasteiger partial charge on any atom is -0.508 e. The predicted molar refractivity (Wildman–Crippen MR) is 102 cm³/mol. The zero-order valence-electron chi connectivity index (χ0n) is 16.2. The molecule has 0 aromatic heterocycles. The first kappa shape index (κ1) is 21.2. The van der Waals surface area contributed by atoms with Gasteiger partial charge in [0.05, 0.1) is 17.7 Å². The molecular formula is C21H20O10. The van der Waals surface area contributed by atoms with Crippen LogP contribution in [0.5, 0.6) is 17.2 Å². The summed E-state index contributed by atoms with van der Waals surface area (Å²) in [4.78, 5) is 26.2. The molecule has 1 aliphatic heterocycles. The van der Waals surface area contributed by atoms with Gasteiger partial charge in [-0.2, -0.15) is 0 Å². The monoisotopic (exact) mass is 432 g/mol. The molecule has 6 N–H and O–H groups in total. The van der Waals surface area contributed by atoms with E-state index in [1.54, 1.807) is 6.92 Å². The molecule has 0 amide bonds. The first-order chi connectivity index (χ1) is 14.6. The van der Waals surface area contributed by atoms with Crippen LogP contribution in [0.1, 0.15) is 37.4 Å². The van der Waals surface area contributed by atoms with Crippen molar-refractivity contribution in [3.63, 3.8) is 0 Å². The normalized spacial score (nSPS) is 27.6. The van der Waals surface area contributed by atoms with Crippen molar-refractivity contribution in [3.05, 3.63) is 52.1 Å². The highest BCUT2D eigenvalue weighted by Gasteiger charge is 2.45. The lowest BCUT2D eigenvalue weighted by Gasteiger charge is -2.39. The SMILES string of the molecule is Cc1cc(O)c2c(c1)C(=O)c1cc(O)cc(O[C@@H]3O[C@@H](CO)[C@@H](O)[C@H](O)[C@@H]3O)c1C2=O. The van der Waals surface area contributed by atoms with Gasteiger partial charge in [-0.3, -0.25) is 9.59 Å². The Kier molecular flexibility index (Phi) is 5.20. The van der Waals surface area contributed by atoms with Crippen molar-refractivity contribution in [1.82, 2.24) is 0 Å². The number of phenols is 2. The number of aliphatic hydroxyl groups excluding tert-OH is 4. The highest BCUT2D eigenvalue weighted by Crippen LogP contribution is 2.40. The Morgan fingerprint density at radius 2 is 1.58 bits per heavy atom. The van der Waals surface area contributed by atoms with Crippen molar-refractivity contribution in [2.75, 3.05) is 6.61 Å². The van der Waals surface area contributed by atoms with Crippen LogP contribution in [0.25, 0.3) is 0 Å². The number of aryl methyl sites for hydroxylation is 1. The fourth-order valence-electron chi connectivity index (χ4n) is 3.85. The Morgan fingerprint density at radius 3 is 2.26 bits per heavy atom. The number of carbonyl (C=O) groups is 2. The fourth-order valence-corrected chi connectivity index (χ4v) is 3.85. The lowest BCUT2D eigenvalue weighted by Crippen LogP contribution is -2.60. The van der Waals surface area contributed by atoms with Crippen molar-refractivity contribution in [3.8, 4) is 17.2 Å². The van der Waals surface area contributed by atoms with E-state index in [1.807, 2.05) is 0 Å². The van der Waals surface area contributed by atoms with Crippen LogP contribution in [0.3, 0.4) is 0 Å². The van der Waals surface area contributed by atoms with E-state index >= 15 is 0 Å². The van der Waals surface area contributed by atoms with Gasteiger partial charge in [0, 0.05) is 17.2 Å². The molecule has 0 saturated carbocycles. The molecule has 1 aliphatic carbocycles. The van der Waals surface area contributed by atoms with Gasteiger partial charge in [-0.1, -0.05) is 0 Å². The molecule has 2 aliphatic rings. The van der Waals surface area contributed by atoms with Crippen LogP contribution in [0.4, 0.5) is 0 Å². The van der Waals surface area contributed by atoms with Gasteiger partial charge in [-0.25, -0.2) is 0 Å². The number of phenolic OH excluding ortho intramolecular Hbond substituents is 2. The van der Waals surface area contributed by atoms with E-state index in [4.69, 9.17) is 9.47 Å². The number of ketones is 2. The first-order valence-electron chi connectivity index (χ1n) is 9.41. The summed E-state index contributed by atoms with van der Waals surface area (Å²) in [7, 11) is 0. The summed E-state index contributed by atoms with van der Waals surface area (Å²) in [6.45, 7) is 0.949. The topological polar surface area (TPSA) is 174 Å². The predicted octanol–water partition coefficient (Wildman–Crippen LogP) is -0.640. The molecule has 1 fully saturated rings. The number of hydrogen-bond acceptors (Lipinski definition) is 10. The molecule has 2 aromatic rings. The molecule has 1 saturated heterocycles. The van der Waals surface area contributed by atoms with Crippen molar-refractivity contribution in [1.29, 1.82) is 0 Å². The number of fused-ring (bicyclic) bond motifs is 2. The zero-order valence-corrected chi connectivity index (χ0v) is 16.2. The lowest BCUT2D eigenvalue weighted by atomic mass is 9.82. The molecule has 0 radical (unpaired) electrons. The van der Waals surface area contributed by atoms with Gasteiger partial charge in [-0.05, 0) is 30.7 Å². The van der Waals surface area contributed by atoms with Gasteiger partial charge in [-0.15, -0.1) is 0 Å². The van der Waals surface area contributed by atoms with Crippen molar-refractivity contribution in [2.24, 2.45) is 0 Å². The molecule has 5 atom stereocenters. The Balaban J connectivity index is 1.79. The van der Waals surface area contributed by atoms with Gasteiger partial charge < -0.3 is 40.1 Å². The van der Waals surface area contributed by atoms with Gasteiger partial charge in [0.2, 0.25) is 12.1 Å². The van der Waals surface area contributed by atoms with Crippen LogP contribution in [0, 0.1) is 6.92 Å². The second kappa shape index (κ2) is 7.59. The average molecular weight is 432 g/mol. The third kappa shape index (κ3) is 3.34. The molecule has 4 rings (SSSR count). The molecule has 2 aromatic carbocycles. The molecule has 10 nitrogen and oxygen atoms in total. The zero-order chi connectivity index (χ0) is 22.6. The highest BCUT2D eigenvalue weighted by molar-refractivity contribution is 6.30. The maximum absolute atomic E-state index is 13.2. The largest absolute Gasteiger partial charge is 0.508 e. The number of aliphatic hydroxyl groups is 4. The average Bonchev–Trinajstić information content (AvgIpc) is 2.71. The number of carbonyl (C=O) groups excluding carboxylic acids is 2. The van der Waals surface area contributed by atoms with Crippen molar-refractivity contribution in [2.45, 2.75) is 37.6 Å². The Labute approximate surface area is 175 Å². The summed E-state index contributed by atoms with van der Waals surface area (Å²) in [5.41, 5.74) is -0.154. The second-order valence-corrected chi connectivity index (χ2v) is 7.55. The maximum atomic E-state index is 13.2. The molecular weight excluding hydrogens is 412 g/mol. The Morgan fingerprint density at radius 1 is 0.903 bits per heavy atom. The maximum Gasteiger partial charge on any atom is 0.229 e. The smallest absolute Gasteiger partial charge is 0.229 e. The molecule has 31 heavy (non-hydrogen) atoms. The van der Waals surface area contributed by atoms with E-state index in [9.17, 15) is 40.2 Å². The molecule has 0 unspecified atom stereocenters. The number of hydrogen-bond donors (Lipinski definition) is 6. The van der Waals surface area contributed by atoms with Gasteiger partial charge in [0.25, 0.3) is 0 Å². The lowest BCUT2D eigenvalue weighted by molar-refractivity contribution is -0.277. The van der Waals surface area contributed by atoms with E-state index < -0.39 is 60.4 Å². The van der Waals surface area contributed by atoms with E-state index in [1.165, 1.54) is 12.1 Å². The van der Waals surface area contributed by atoms with Crippen molar-refractivity contribution >= 4 is 11.6 Å². The number of benzene rings is 2. The van der Waals surface area contributed by atoms with Crippen LogP contribution in [-0.2, 0) is 4.74 Å². The van der Waals surface area contributed by atoms with Gasteiger partial charge in [0.1, 0.15) is 41.7 Å². The number of rotatable bonds is 3. The minimum absolute atomic E-state index is 0.0283. The molecule has 164 valence electrons. The van der Waals surface area contributed by atoms with E-state index in [2.05, 4.69) is 0 Å². The van der Waals surface area contributed by atoms with Crippen LogP contribution in [-0.4, -0.2) is 79.5 Å². The van der Waals surface area contributed by atoms with Gasteiger partial charge in [0.15, 0.2) is 5.78 Å². The van der Waals surface area contributed by atoms with Crippen LogP contribution in [0.15, 0.2) is 24.3 Å². The van der Waals surface area contributed by atoms with Crippen LogP contribution in [0.2, 0.25) is 0 Å². The Bertz CT molecular complexity index is 1080. The van der Waals surface area contributed by atoms with Crippen LogP contribution < -0.4 is 4.74 Å². The summed E-state index contributed by atoms with van der Waals surface area (Å²) in [6, 6.07) is 4.87. The third-order valence-corrected chi connectivity index (χ3v) is 5.38. The van der Waals surface area contributed by atoms with E-state index in [-0.39, 0.29) is 28.0 Å². The summed E-state index contributed by atoms with van der Waals surface area (Å²) >= 11 is 0. The number of aromatic hydroxyl groups is 2. The molecule has 1 heterocycles. The molecule has 10 heteroatoms. The minimum atomic E-state index is -1.77. The molecule has 0 spiro atoms. The first-order valence-corrected chi connectivity index (χ1v) is 9.41. The third-order valence-electron chi connectivity index (χ3n) is 5.38.